The van der Waals surface area contributed by atoms with E-state index < -0.39 is 0 Å². The Balaban J connectivity index is 1.75. The molecule has 3 N–H and O–H groups in total. The summed E-state index contributed by atoms with van der Waals surface area (Å²) in [5, 5.41) is 27.9. The number of piperidine rings is 1. The quantitative estimate of drug-likeness (QED) is 0.323. The minimum absolute atomic E-state index is 0.105. The first-order valence-electron chi connectivity index (χ1n) is 9.19. The molecule has 0 radical (unpaired) electrons. The first kappa shape index (κ1) is 18.9. The van der Waals surface area contributed by atoms with Gasteiger partial charge in [-0.1, -0.05) is 5.16 Å². The molecule has 1 fully saturated rings. The molecule has 1 aliphatic heterocycles. The lowest BCUT2D eigenvalue weighted by molar-refractivity contribution is 0.311. The number of rotatable bonds is 4. The molecular weight excluding hydrogens is 424 g/mol. The maximum absolute atomic E-state index is 9.02. The van der Waals surface area contributed by atoms with E-state index in [1.165, 1.54) is 0 Å². The van der Waals surface area contributed by atoms with Crippen LogP contribution >= 0.6 is 15.9 Å². The summed E-state index contributed by atoms with van der Waals surface area (Å²) in [5.74, 6) is 1.11. The average molecular weight is 447 g/mol. The fraction of sp³-hybridized carbons (Fsp3) is 0.444. The molecule has 28 heavy (non-hydrogen) atoms. The summed E-state index contributed by atoms with van der Waals surface area (Å²) in [5.41, 5.74) is 4.43. The minimum atomic E-state index is 0.105. The van der Waals surface area contributed by atoms with Gasteiger partial charge in [-0.25, -0.2) is 4.98 Å². The molecule has 4 heterocycles. The third kappa shape index (κ3) is 3.16. The van der Waals surface area contributed by atoms with Crippen molar-refractivity contribution in [2.24, 2.45) is 12.2 Å². The van der Waals surface area contributed by atoms with Crippen molar-refractivity contribution < 1.29 is 5.21 Å². The minimum Gasteiger partial charge on any atom is -0.411 e. The molecule has 1 saturated heterocycles. The zero-order valence-corrected chi connectivity index (χ0v) is 17.6. The highest BCUT2D eigenvalue weighted by Crippen LogP contribution is 2.36. The van der Waals surface area contributed by atoms with Crippen LogP contribution in [0.15, 0.2) is 28.2 Å². The lowest BCUT2D eigenvalue weighted by Crippen LogP contribution is -2.42. The van der Waals surface area contributed by atoms with Gasteiger partial charge in [-0.15, -0.1) is 0 Å². The zero-order valence-electron chi connectivity index (χ0n) is 16.0. The van der Waals surface area contributed by atoms with Gasteiger partial charge >= 0.3 is 0 Å². The van der Waals surface area contributed by atoms with Crippen molar-refractivity contribution in [3.63, 3.8) is 0 Å². The number of nitrogens with one attached hydrogen (secondary N) is 2. The largest absolute Gasteiger partial charge is 0.411 e. The Morgan fingerprint density at radius 2 is 2.18 bits per heavy atom. The molecular formula is C18H23BrN8O. The Bertz CT molecular complexity index is 1030. The first-order valence-corrected chi connectivity index (χ1v) is 9.98. The lowest BCUT2D eigenvalue weighted by Gasteiger charge is -2.30. The van der Waals surface area contributed by atoms with Crippen molar-refractivity contribution in [2.45, 2.75) is 31.7 Å². The van der Waals surface area contributed by atoms with Crippen LogP contribution in [0.25, 0.3) is 16.8 Å². The molecule has 3 aromatic rings. The molecule has 4 rings (SSSR count). The third-order valence-electron chi connectivity index (χ3n) is 5.33. The molecule has 9 nitrogen and oxygen atoms in total. The molecule has 2 unspecified atom stereocenters. The highest BCUT2D eigenvalue weighted by Gasteiger charge is 2.28. The fourth-order valence-corrected chi connectivity index (χ4v) is 4.54. The summed E-state index contributed by atoms with van der Waals surface area (Å²) in [6, 6.07) is 0.105. The highest BCUT2D eigenvalue weighted by atomic mass is 79.9. The lowest BCUT2D eigenvalue weighted by atomic mass is 9.90. The number of nitrogens with zero attached hydrogens (tertiary/aromatic N) is 6. The second kappa shape index (κ2) is 7.51. The Morgan fingerprint density at radius 1 is 1.36 bits per heavy atom. The summed E-state index contributed by atoms with van der Waals surface area (Å²) < 4.78 is 4.51. The van der Waals surface area contributed by atoms with Crippen molar-refractivity contribution in [2.75, 3.05) is 18.9 Å². The summed E-state index contributed by atoms with van der Waals surface area (Å²) >= 11 is 3.73. The van der Waals surface area contributed by atoms with Crippen molar-refractivity contribution >= 4 is 33.1 Å². The number of aromatic nitrogens is 5. The van der Waals surface area contributed by atoms with E-state index in [4.69, 9.17) is 10.2 Å². The van der Waals surface area contributed by atoms with Crippen molar-refractivity contribution in [1.82, 2.24) is 29.7 Å². The van der Waals surface area contributed by atoms with Gasteiger partial charge < -0.3 is 15.8 Å². The highest BCUT2D eigenvalue weighted by molar-refractivity contribution is 9.10. The van der Waals surface area contributed by atoms with Gasteiger partial charge in [-0.05, 0) is 35.7 Å². The van der Waals surface area contributed by atoms with E-state index in [1.54, 1.807) is 4.68 Å². The summed E-state index contributed by atoms with van der Waals surface area (Å²) in [4.78, 5) is 5.00. The predicted octanol–water partition coefficient (Wildman–Crippen LogP) is 2.62. The van der Waals surface area contributed by atoms with Crippen LogP contribution in [0.5, 0.6) is 0 Å². The number of oxime groups is 1. The summed E-state index contributed by atoms with van der Waals surface area (Å²) in [7, 11) is 3.77. The molecule has 3 aromatic heterocycles. The van der Waals surface area contributed by atoms with Gasteiger partial charge in [0.05, 0.1) is 28.3 Å². The Kier molecular flexibility index (Phi) is 5.07. The molecule has 0 saturated carbocycles. The SMILES string of the molecule is CNc1c(Br)c(C2CCC(/C(C)=N/O)NC2)nc2c(-c3cnn(C)c3)cnn12. The number of halogens is 1. The van der Waals surface area contributed by atoms with Gasteiger partial charge in [-0.2, -0.15) is 14.7 Å². The smallest absolute Gasteiger partial charge is 0.165 e. The van der Waals surface area contributed by atoms with Gasteiger partial charge in [0.2, 0.25) is 0 Å². The number of hydrogen-bond acceptors (Lipinski definition) is 7. The van der Waals surface area contributed by atoms with Crippen LogP contribution in [0.3, 0.4) is 0 Å². The molecule has 0 spiro atoms. The van der Waals surface area contributed by atoms with Gasteiger partial charge in [0, 0.05) is 49.9 Å². The zero-order chi connectivity index (χ0) is 19.8. The van der Waals surface area contributed by atoms with Crippen LogP contribution in [-0.4, -0.2) is 54.9 Å². The van der Waals surface area contributed by atoms with Crippen LogP contribution in [0.4, 0.5) is 5.82 Å². The van der Waals surface area contributed by atoms with Crippen molar-refractivity contribution in [1.29, 1.82) is 0 Å². The van der Waals surface area contributed by atoms with E-state index in [1.807, 2.05) is 44.1 Å². The topological polar surface area (TPSA) is 105 Å². The number of anilines is 1. The number of hydrogen-bond donors (Lipinski definition) is 3. The predicted molar refractivity (Wildman–Crippen MR) is 111 cm³/mol. The van der Waals surface area contributed by atoms with Gasteiger partial charge in [0.25, 0.3) is 0 Å². The van der Waals surface area contributed by atoms with Gasteiger partial charge in [0.1, 0.15) is 5.82 Å². The summed E-state index contributed by atoms with van der Waals surface area (Å²) in [6.07, 6.45) is 7.45. The molecule has 10 heteroatoms. The molecule has 1 aliphatic rings. The molecule has 0 aliphatic carbocycles. The van der Waals surface area contributed by atoms with E-state index in [0.717, 1.165) is 52.1 Å². The standard InChI is InChI=1S/C18H23BrN8O/c1-10(25-28)14-5-4-11(6-21-14)16-15(19)18(20-2)27-17(24-16)13(8-23-27)12-7-22-26(3)9-12/h7-9,11,14,20-21,28H,4-6H2,1-3H3/b25-10+. The Labute approximate surface area is 171 Å². The van der Waals surface area contributed by atoms with E-state index in [0.29, 0.717) is 5.71 Å². The number of fused-ring (bicyclic) bond motifs is 1. The second-order valence-corrected chi connectivity index (χ2v) is 7.88. The second-order valence-electron chi connectivity index (χ2n) is 7.08. The fourth-order valence-electron chi connectivity index (χ4n) is 3.76. The number of aryl methyl sites for hydroxylation is 1. The maximum Gasteiger partial charge on any atom is 0.165 e. The van der Waals surface area contributed by atoms with Crippen molar-refractivity contribution in [3.8, 4) is 11.1 Å². The maximum atomic E-state index is 9.02. The van der Waals surface area contributed by atoms with E-state index in [2.05, 4.69) is 41.9 Å². The van der Waals surface area contributed by atoms with Crippen LogP contribution in [0.2, 0.25) is 0 Å². The average Bonchev–Trinajstić information content (AvgIpc) is 3.33. The van der Waals surface area contributed by atoms with Gasteiger partial charge in [-0.3, -0.25) is 4.68 Å². The Morgan fingerprint density at radius 3 is 2.79 bits per heavy atom. The van der Waals surface area contributed by atoms with Crippen LogP contribution in [0, 0.1) is 0 Å². The monoisotopic (exact) mass is 446 g/mol. The molecule has 0 bridgehead atoms. The van der Waals surface area contributed by atoms with E-state index >= 15 is 0 Å². The van der Waals surface area contributed by atoms with Crippen LogP contribution in [-0.2, 0) is 7.05 Å². The molecule has 0 amide bonds. The van der Waals surface area contributed by atoms with E-state index in [9.17, 15) is 0 Å². The molecule has 2 atom stereocenters. The Hall–Kier alpha value is -2.46. The normalized spacial score (nSPS) is 20.6. The van der Waals surface area contributed by atoms with E-state index in [-0.39, 0.29) is 12.0 Å². The third-order valence-corrected chi connectivity index (χ3v) is 6.11. The molecule has 0 aromatic carbocycles. The first-order chi connectivity index (χ1) is 13.5. The van der Waals surface area contributed by atoms with Gasteiger partial charge in [0.15, 0.2) is 5.65 Å². The summed E-state index contributed by atoms with van der Waals surface area (Å²) in [6.45, 7) is 2.60. The van der Waals surface area contributed by atoms with Crippen molar-refractivity contribution in [3.05, 3.63) is 28.8 Å². The van der Waals surface area contributed by atoms with Crippen LogP contribution < -0.4 is 10.6 Å². The molecule has 148 valence electrons. The van der Waals surface area contributed by atoms with Crippen LogP contribution in [0.1, 0.15) is 31.4 Å².